The van der Waals surface area contributed by atoms with Crippen molar-refractivity contribution in [2.24, 2.45) is 0 Å². The molecule has 0 saturated heterocycles. The largest absolute Gasteiger partial charge is 0.457 e. The van der Waals surface area contributed by atoms with E-state index in [1.54, 1.807) is 30.4 Å². The van der Waals surface area contributed by atoms with Crippen molar-refractivity contribution in [3.8, 4) is 0 Å². The number of carbonyl (C=O) groups excluding carboxylic acids is 2. The molecule has 0 radical (unpaired) electrons. The lowest BCUT2D eigenvalue weighted by Crippen LogP contribution is -2.36. The maximum Gasteiger partial charge on any atom is 0.337 e. The molecule has 1 aliphatic carbocycles. The topological polar surface area (TPSA) is 98.5 Å². The Kier molecular flexibility index (Phi) is 6.52. The van der Waals surface area contributed by atoms with E-state index in [2.05, 4.69) is 5.32 Å². The molecule has 0 saturated carbocycles. The minimum Gasteiger partial charge on any atom is -0.457 e. The van der Waals surface area contributed by atoms with Crippen LogP contribution in [0.15, 0.2) is 94.7 Å². The number of allylic oxidation sites excluding steroid dienone is 3. The molecule has 2 atom stereocenters. The molecular formula is C28H24N2O5S. The Morgan fingerprint density at radius 3 is 2.64 bits per heavy atom. The van der Waals surface area contributed by atoms with Gasteiger partial charge < -0.3 is 10.1 Å². The Labute approximate surface area is 212 Å². The van der Waals surface area contributed by atoms with Gasteiger partial charge in [0, 0.05) is 52.2 Å². The number of carbonyl (C=O) groups is 2. The molecule has 2 aliphatic rings. The van der Waals surface area contributed by atoms with Crippen LogP contribution in [0.25, 0.3) is 0 Å². The number of nitrogens with zero attached hydrogens (tertiary/aromatic N) is 1. The van der Waals surface area contributed by atoms with E-state index < -0.39 is 16.8 Å². The Bertz CT molecular complexity index is 1390. The Balaban J connectivity index is 1.55. The summed E-state index contributed by atoms with van der Waals surface area (Å²) in [6.45, 7) is 1.87. The van der Waals surface area contributed by atoms with Gasteiger partial charge >= 0.3 is 5.97 Å². The summed E-state index contributed by atoms with van der Waals surface area (Å²) >= 11 is 1.62. The summed E-state index contributed by atoms with van der Waals surface area (Å²) in [7, 11) is 0. The Morgan fingerprint density at radius 1 is 1.11 bits per heavy atom. The Morgan fingerprint density at radius 2 is 1.92 bits per heavy atom. The molecule has 1 N–H and O–H groups in total. The first-order chi connectivity index (χ1) is 17.4. The second-order valence-corrected chi connectivity index (χ2v) is 9.93. The standard InChI is InChI=1S/C28H24N2O5S/c1-17-25(28(32)35-16-18-7-3-2-4-8-18)26(19-9-5-10-21(13-19)30(33)34)27-22(29-17)14-20(15-23(27)31)24-11-6-12-36-24/h2-13,20,26,29H,14-16H2,1H3/t20-,26+/m0/s1. The van der Waals surface area contributed by atoms with Crippen molar-refractivity contribution < 1.29 is 19.2 Å². The van der Waals surface area contributed by atoms with Gasteiger partial charge in [-0.1, -0.05) is 48.5 Å². The highest BCUT2D eigenvalue weighted by Gasteiger charge is 2.42. The number of ketones is 1. The van der Waals surface area contributed by atoms with Crippen LogP contribution in [0.3, 0.4) is 0 Å². The lowest BCUT2D eigenvalue weighted by molar-refractivity contribution is -0.384. The van der Waals surface area contributed by atoms with E-state index in [0.29, 0.717) is 35.2 Å². The smallest absolute Gasteiger partial charge is 0.337 e. The fraction of sp³-hybridized carbons (Fsp3) is 0.214. The van der Waals surface area contributed by atoms with Crippen LogP contribution < -0.4 is 5.32 Å². The van der Waals surface area contributed by atoms with Gasteiger partial charge in [-0.2, -0.15) is 0 Å². The molecule has 0 fully saturated rings. The van der Waals surface area contributed by atoms with E-state index in [0.717, 1.165) is 16.1 Å². The number of nitro benzene ring substituents is 1. The van der Waals surface area contributed by atoms with E-state index in [1.807, 2.05) is 47.8 Å². The van der Waals surface area contributed by atoms with E-state index >= 15 is 0 Å². The molecule has 2 heterocycles. The average Bonchev–Trinajstić information content (AvgIpc) is 3.42. The molecule has 2 aromatic carbocycles. The molecule has 0 spiro atoms. The molecule has 3 aromatic rings. The summed E-state index contributed by atoms with van der Waals surface area (Å²) in [5.74, 6) is -1.32. The van der Waals surface area contributed by atoms with Crippen molar-refractivity contribution in [2.75, 3.05) is 0 Å². The SMILES string of the molecule is CC1=C(C(=O)OCc2ccccc2)[C@@H](c2cccc([N+](=O)[O-])c2)C2=C(C[C@H](c3cccs3)CC2=O)N1. The zero-order chi connectivity index (χ0) is 25.2. The number of ether oxygens (including phenoxy) is 1. The number of nitro groups is 1. The summed E-state index contributed by atoms with van der Waals surface area (Å²) in [5, 5.41) is 16.8. The summed E-state index contributed by atoms with van der Waals surface area (Å²) in [6, 6.07) is 19.5. The van der Waals surface area contributed by atoms with Crippen LogP contribution in [-0.4, -0.2) is 16.7 Å². The van der Waals surface area contributed by atoms with Crippen molar-refractivity contribution in [2.45, 2.75) is 38.2 Å². The number of non-ortho nitro benzene ring substituents is 1. The first kappa shape index (κ1) is 23.7. The summed E-state index contributed by atoms with van der Waals surface area (Å²) in [5.41, 5.74) is 3.40. The van der Waals surface area contributed by atoms with Crippen molar-refractivity contribution in [1.29, 1.82) is 0 Å². The van der Waals surface area contributed by atoms with Crippen LogP contribution in [0.2, 0.25) is 0 Å². The number of thiophene rings is 1. The summed E-state index contributed by atoms with van der Waals surface area (Å²) in [4.78, 5) is 39.2. The minimum absolute atomic E-state index is 0.0499. The number of nitrogens with one attached hydrogen (secondary N) is 1. The monoisotopic (exact) mass is 500 g/mol. The molecule has 7 nitrogen and oxygen atoms in total. The molecular weight excluding hydrogens is 476 g/mol. The van der Waals surface area contributed by atoms with Gasteiger partial charge in [0.2, 0.25) is 0 Å². The second-order valence-electron chi connectivity index (χ2n) is 8.95. The lowest BCUT2D eigenvalue weighted by Gasteiger charge is -2.36. The van der Waals surface area contributed by atoms with Gasteiger partial charge in [-0.15, -0.1) is 11.3 Å². The molecule has 5 rings (SSSR count). The van der Waals surface area contributed by atoms with Gasteiger partial charge in [-0.3, -0.25) is 14.9 Å². The van der Waals surface area contributed by atoms with Crippen molar-refractivity contribution in [1.82, 2.24) is 5.32 Å². The number of hydrogen-bond acceptors (Lipinski definition) is 7. The van der Waals surface area contributed by atoms with Crippen molar-refractivity contribution >= 4 is 28.8 Å². The van der Waals surface area contributed by atoms with Crippen molar-refractivity contribution in [3.05, 3.63) is 121 Å². The van der Waals surface area contributed by atoms with E-state index in [-0.39, 0.29) is 24.0 Å². The van der Waals surface area contributed by atoms with Gasteiger partial charge in [0.15, 0.2) is 5.78 Å². The number of esters is 1. The molecule has 0 amide bonds. The molecule has 36 heavy (non-hydrogen) atoms. The van der Waals surface area contributed by atoms with E-state index in [4.69, 9.17) is 4.74 Å². The normalized spacial score (nSPS) is 19.5. The third-order valence-corrected chi connectivity index (χ3v) is 7.65. The first-order valence-electron chi connectivity index (χ1n) is 11.6. The molecule has 0 bridgehead atoms. The van der Waals surface area contributed by atoms with Gasteiger partial charge in [-0.05, 0) is 35.9 Å². The zero-order valence-electron chi connectivity index (χ0n) is 19.6. The van der Waals surface area contributed by atoms with Gasteiger partial charge in [0.25, 0.3) is 5.69 Å². The maximum atomic E-state index is 13.6. The number of rotatable bonds is 6. The van der Waals surface area contributed by atoms with E-state index in [1.165, 1.54) is 12.1 Å². The molecule has 1 aliphatic heterocycles. The zero-order valence-corrected chi connectivity index (χ0v) is 20.4. The maximum absolute atomic E-state index is 13.6. The van der Waals surface area contributed by atoms with Crippen LogP contribution >= 0.6 is 11.3 Å². The number of benzene rings is 2. The first-order valence-corrected chi connectivity index (χ1v) is 12.5. The van der Waals surface area contributed by atoms with Gasteiger partial charge in [0.1, 0.15) is 6.61 Å². The van der Waals surface area contributed by atoms with Crippen LogP contribution in [0.1, 0.15) is 47.6 Å². The lowest BCUT2D eigenvalue weighted by atomic mass is 9.72. The highest BCUT2D eigenvalue weighted by molar-refractivity contribution is 7.10. The third kappa shape index (κ3) is 4.59. The quantitative estimate of drug-likeness (QED) is 0.262. The Hall–Kier alpha value is -4.04. The molecule has 182 valence electrons. The predicted octanol–water partition coefficient (Wildman–Crippen LogP) is 5.76. The van der Waals surface area contributed by atoms with Crippen LogP contribution in [0.5, 0.6) is 0 Å². The van der Waals surface area contributed by atoms with E-state index in [9.17, 15) is 19.7 Å². The third-order valence-electron chi connectivity index (χ3n) is 6.62. The second kappa shape index (κ2) is 9.91. The number of dihydropyridines is 1. The fourth-order valence-corrected chi connectivity index (χ4v) is 5.82. The average molecular weight is 501 g/mol. The molecule has 8 heteroatoms. The molecule has 0 unspecified atom stereocenters. The predicted molar refractivity (Wildman–Crippen MR) is 136 cm³/mol. The van der Waals surface area contributed by atoms with Gasteiger partial charge in [0.05, 0.1) is 10.5 Å². The minimum atomic E-state index is -0.749. The summed E-state index contributed by atoms with van der Waals surface area (Å²) < 4.78 is 5.66. The van der Waals surface area contributed by atoms with Crippen LogP contribution in [-0.2, 0) is 20.9 Å². The highest BCUT2D eigenvalue weighted by atomic mass is 32.1. The molecule has 1 aromatic heterocycles. The van der Waals surface area contributed by atoms with Crippen molar-refractivity contribution in [3.63, 3.8) is 0 Å². The summed E-state index contributed by atoms with van der Waals surface area (Å²) in [6.07, 6.45) is 0.939. The number of Topliss-reactive ketones (excluding diaryl/α,β-unsaturated/α-hetero) is 1. The van der Waals surface area contributed by atoms with Gasteiger partial charge in [-0.25, -0.2) is 4.79 Å². The number of hydrogen-bond donors (Lipinski definition) is 1. The van der Waals surface area contributed by atoms with Crippen LogP contribution in [0.4, 0.5) is 5.69 Å². The van der Waals surface area contributed by atoms with Crippen LogP contribution in [0, 0.1) is 10.1 Å². The fourth-order valence-electron chi connectivity index (χ4n) is 4.99. The highest BCUT2D eigenvalue weighted by Crippen LogP contribution is 2.46.